The molecule has 0 amide bonds. The highest BCUT2D eigenvalue weighted by atomic mass is 32.1. The molecular formula is C13H15NO2S2. The first-order valence-corrected chi connectivity index (χ1v) is 7.43. The van der Waals surface area contributed by atoms with Crippen LogP contribution in [0.15, 0.2) is 17.5 Å². The van der Waals surface area contributed by atoms with Crippen LogP contribution < -0.4 is 4.74 Å². The van der Waals surface area contributed by atoms with Crippen LogP contribution in [0.25, 0.3) is 9.88 Å². The van der Waals surface area contributed by atoms with Gasteiger partial charge < -0.3 is 4.74 Å². The molecule has 0 spiro atoms. The Balaban J connectivity index is 2.33. The number of aromatic nitrogens is 1. The maximum absolute atomic E-state index is 12.1. The van der Waals surface area contributed by atoms with Gasteiger partial charge in [0, 0.05) is 6.42 Å². The number of ether oxygens (including phenoxy) is 1. The number of carbonyl (C=O) groups is 1. The van der Waals surface area contributed by atoms with Gasteiger partial charge in [0.1, 0.15) is 9.88 Å². The van der Waals surface area contributed by atoms with Crippen LogP contribution in [-0.4, -0.2) is 17.9 Å². The lowest BCUT2D eigenvalue weighted by molar-refractivity contribution is 0.0968. The van der Waals surface area contributed by atoms with Gasteiger partial charge in [-0.15, -0.1) is 22.7 Å². The molecule has 0 radical (unpaired) electrons. The lowest BCUT2D eigenvalue weighted by atomic mass is 10.1. The maximum Gasteiger partial charge on any atom is 0.236 e. The largest absolute Gasteiger partial charge is 0.480 e. The number of ketones is 1. The number of carbonyl (C=O) groups excluding carboxylic acids is 1. The van der Waals surface area contributed by atoms with Crippen LogP contribution in [0.2, 0.25) is 0 Å². The molecule has 0 saturated heterocycles. The van der Waals surface area contributed by atoms with E-state index in [-0.39, 0.29) is 5.78 Å². The number of thiazole rings is 1. The first-order valence-electron chi connectivity index (χ1n) is 5.73. The van der Waals surface area contributed by atoms with Gasteiger partial charge in [-0.1, -0.05) is 19.9 Å². The summed E-state index contributed by atoms with van der Waals surface area (Å²) in [4.78, 5) is 18.2. The molecule has 0 bridgehead atoms. The Bertz CT molecular complexity index is 529. The van der Waals surface area contributed by atoms with Crippen LogP contribution >= 0.6 is 22.7 Å². The van der Waals surface area contributed by atoms with Crippen molar-refractivity contribution in [1.82, 2.24) is 4.98 Å². The van der Waals surface area contributed by atoms with E-state index >= 15 is 0 Å². The predicted molar refractivity (Wildman–Crippen MR) is 75.8 cm³/mol. The Hall–Kier alpha value is -1.20. The lowest BCUT2D eigenvalue weighted by Crippen LogP contribution is -2.03. The molecule has 0 fully saturated rings. The van der Waals surface area contributed by atoms with Crippen molar-refractivity contribution in [2.75, 3.05) is 7.11 Å². The van der Waals surface area contributed by atoms with Gasteiger partial charge in [0.25, 0.3) is 0 Å². The lowest BCUT2D eigenvalue weighted by Gasteiger charge is -2.02. The van der Waals surface area contributed by atoms with Gasteiger partial charge in [-0.25, -0.2) is 4.98 Å². The smallest absolute Gasteiger partial charge is 0.236 e. The van der Waals surface area contributed by atoms with Crippen molar-refractivity contribution in [3.8, 4) is 15.8 Å². The molecule has 0 saturated carbocycles. The molecule has 2 rings (SSSR count). The molecule has 2 aromatic rings. The van der Waals surface area contributed by atoms with Gasteiger partial charge >= 0.3 is 0 Å². The molecule has 0 N–H and O–H groups in total. The van der Waals surface area contributed by atoms with Crippen molar-refractivity contribution >= 4 is 28.5 Å². The van der Waals surface area contributed by atoms with Crippen LogP contribution in [0.3, 0.4) is 0 Å². The summed E-state index contributed by atoms with van der Waals surface area (Å²) in [5, 5.41) is 2.85. The Kier molecular flexibility index (Phi) is 4.14. The van der Waals surface area contributed by atoms with E-state index in [0.717, 1.165) is 9.88 Å². The van der Waals surface area contributed by atoms with Crippen molar-refractivity contribution in [1.29, 1.82) is 0 Å². The second-order valence-electron chi connectivity index (χ2n) is 4.36. The van der Waals surface area contributed by atoms with Crippen LogP contribution in [-0.2, 0) is 0 Å². The zero-order valence-electron chi connectivity index (χ0n) is 10.6. The summed E-state index contributed by atoms with van der Waals surface area (Å²) in [6.07, 6.45) is 0.530. The van der Waals surface area contributed by atoms with E-state index in [1.54, 1.807) is 18.4 Å². The molecule has 0 aliphatic rings. The van der Waals surface area contributed by atoms with Crippen molar-refractivity contribution < 1.29 is 9.53 Å². The highest BCUT2D eigenvalue weighted by Gasteiger charge is 2.20. The molecule has 0 atom stereocenters. The zero-order valence-corrected chi connectivity index (χ0v) is 12.2. The second-order valence-corrected chi connectivity index (χ2v) is 6.30. The number of nitrogens with zero attached hydrogens (tertiary/aromatic N) is 1. The summed E-state index contributed by atoms with van der Waals surface area (Å²) >= 11 is 3.03. The summed E-state index contributed by atoms with van der Waals surface area (Å²) in [6, 6.07) is 3.98. The average molecular weight is 281 g/mol. The highest BCUT2D eigenvalue weighted by Crippen LogP contribution is 2.35. The third-order valence-corrected chi connectivity index (χ3v) is 4.49. The fraction of sp³-hybridized carbons (Fsp3) is 0.385. The minimum Gasteiger partial charge on any atom is -0.480 e. The number of methoxy groups -OCH3 is 1. The molecule has 96 valence electrons. The Morgan fingerprint density at radius 1 is 1.50 bits per heavy atom. The summed E-state index contributed by atoms with van der Waals surface area (Å²) in [5.41, 5.74) is 0. The SMILES string of the molecule is COc1nc(-c2cccs2)sc1C(=O)CC(C)C. The fourth-order valence-corrected chi connectivity index (χ4v) is 3.37. The molecular weight excluding hydrogens is 266 g/mol. The maximum atomic E-state index is 12.1. The monoisotopic (exact) mass is 281 g/mol. The van der Waals surface area contributed by atoms with E-state index in [4.69, 9.17) is 4.74 Å². The fourth-order valence-electron chi connectivity index (χ4n) is 1.59. The van der Waals surface area contributed by atoms with Gasteiger partial charge in [-0.05, 0) is 17.4 Å². The van der Waals surface area contributed by atoms with Crippen LogP contribution in [0.5, 0.6) is 5.88 Å². The molecule has 0 aliphatic carbocycles. The van der Waals surface area contributed by atoms with Gasteiger partial charge in [0.15, 0.2) is 5.78 Å². The quantitative estimate of drug-likeness (QED) is 0.774. The van der Waals surface area contributed by atoms with Crippen LogP contribution in [0, 0.1) is 5.92 Å². The summed E-state index contributed by atoms with van der Waals surface area (Å²) in [6.45, 7) is 4.07. The second kappa shape index (κ2) is 5.63. The van der Waals surface area contributed by atoms with Crippen molar-refractivity contribution in [3.63, 3.8) is 0 Å². The summed E-state index contributed by atoms with van der Waals surface area (Å²) in [5.74, 6) is 0.908. The summed E-state index contributed by atoms with van der Waals surface area (Å²) in [7, 11) is 1.55. The topological polar surface area (TPSA) is 39.2 Å². The van der Waals surface area contributed by atoms with E-state index in [1.807, 2.05) is 31.4 Å². The van der Waals surface area contributed by atoms with Crippen molar-refractivity contribution in [2.45, 2.75) is 20.3 Å². The Morgan fingerprint density at radius 2 is 2.28 bits per heavy atom. The Morgan fingerprint density at radius 3 is 2.83 bits per heavy atom. The van der Waals surface area contributed by atoms with E-state index in [9.17, 15) is 4.79 Å². The molecule has 0 aromatic carbocycles. The highest BCUT2D eigenvalue weighted by molar-refractivity contribution is 7.22. The van der Waals surface area contributed by atoms with E-state index in [0.29, 0.717) is 23.1 Å². The Labute approximate surface area is 114 Å². The number of hydrogen-bond acceptors (Lipinski definition) is 5. The van der Waals surface area contributed by atoms with Gasteiger partial charge in [0.2, 0.25) is 5.88 Å². The first kappa shape index (κ1) is 13.2. The van der Waals surface area contributed by atoms with Crippen molar-refractivity contribution in [2.24, 2.45) is 5.92 Å². The van der Waals surface area contributed by atoms with Crippen molar-refractivity contribution in [3.05, 3.63) is 22.4 Å². The summed E-state index contributed by atoms with van der Waals surface area (Å²) < 4.78 is 5.21. The molecule has 0 aliphatic heterocycles. The number of hydrogen-bond donors (Lipinski definition) is 0. The molecule has 2 heterocycles. The van der Waals surface area contributed by atoms with E-state index < -0.39 is 0 Å². The van der Waals surface area contributed by atoms with Gasteiger partial charge in [-0.3, -0.25) is 4.79 Å². The third-order valence-electron chi connectivity index (χ3n) is 2.37. The average Bonchev–Trinajstić information content (AvgIpc) is 2.96. The third kappa shape index (κ3) is 2.79. The minimum absolute atomic E-state index is 0.113. The zero-order chi connectivity index (χ0) is 13.1. The standard InChI is InChI=1S/C13H15NO2S2/c1-8(2)7-9(15)11-12(16-3)14-13(18-11)10-5-4-6-17-10/h4-6,8H,7H2,1-3H3. The first-order chi connectivity index (χ1) is 8.61. The number of Topliss-reactive ketones (excluding diaryl/α,β-unsaturated/α-hetero) is 1. The van der Waals surface area contributed by atoms with Gasteiger partial charge in [0.05, 0.1) is 12.0 Å². The van der Waals surface area contributed by atoms with E-state index in [1.165, 1.54) is 11.3 Å². The molecule has 3 nitrogen and oxygen atoms in total. The number of thiophene rings is 1. The van der Waals surface area contributed by atoms with Gasteiger partial charge in [-0.2, -0.15) is 0 Å². The normalized spacial score (nSPS) is 10.9. The molecule has 5 heteroatoms. The number of rotatable bonds is 5. The molecule has 0 unspecified atom stereocenters. The predicted octanol–water partition coefficient (Wildman–Crippen LogP) is 4.11. The van der Waals surface area contributed by atoms with Crippen LogP contribution in [0.4, 0.5) is 0 Å². The van der Waals surface area contributed by atoms with E-state index in [2.05, 4.69) is 4.98 Å². The van der Waals surface area contributed by atoms with Crippen LogP contribution in [0.1, 0.15) is 29.9 Å². The minimum atomic E-state index is 0.113. The molecule has 2 aromatic heterocycles. The molecule has 18 heavy (non-hydrogen) atoms.